The molecule has 1 aliphatic heterocycles. The Kier molecular flexibility index (Phi) is 4.64. The molecular formula is C23H19N3O2. The predicted molar refractivity (Wildman–Crippen MR) is 109 cm³/mol. The van der Waals surface area contributed by atoms with Gasteiger partial charge in [0.1, 0.15) is 0 Å². The molecule has 2 heterocycles. The van der Waals surface area contributed by atoms with Crippen LogP contribution >= 0.6 is 0 Å². The Bertz CT molecular complexity index is 1140. The van der Waals surface area contributed by atoms with E-state index in [9.17, 15) is 9.90 Å². The standard InChI is InChI=1S/C23H19N3O2/c1-2-26-13-17(11-15-7-9-16(12-24)10-8-15)22-19(14-26)21(23(27)28)18-5-3-4-6-20(18)25-22/h3-11H,2,13-14H2,1H3,(H,27,28). The Morgan fingerprint density at radius 1 is 1.21 bits per heavy atom. The third kappa shape index (κ3) is 3.15. The molecule has 2 aromatic carbocycles. The monoisotopic (exact) mass is 369 g/mol. The Balaban J connectivity index is 1.95. The van der Waals surface area contributed by atoms with Crippen LogP contribution in [0.1, 0.15) is 39.7 Å². The number of fused-ring (bicyclic) bond motifs is 2. The Hall–Kier alpha value is -3.49. The van der Waals surface area contributed by atoms with E-state index in [0.29, 0.717) is 35.1 Å². The maximum Gasteiger partial charge on any atom is 0.336 e. The van der Waals surface area contributed by atoms with Crippen molar-refractivity contribution in [3.8, 4) is 6.07 Å². The molecule has 0 spiro atoms. The van der Waals surface area contributed by atoms with Gasteiger partial charge in [-0.05, 0) is 42.0 Å². The number of hydrogen-bond acceptors (Lipinski definition) is 4. The highest BCUT2D eigenvalue weighted by molar-refractivity contribution is 6.06. The van der Waals surface area contributed by atoms with Crippen LogP contribution in [0.3, 0.4) is 0 Å². The number of aromatic nitrogens is 1. The molecule has 3 aromatic rings. The molecule has 138 valence electrons. The number of nitrogens with zero attached hydrogens (tertiary/aromatic N) is 3. The molecule has 0 saturated carbocycles. The second-order valence-corrected chi connectivity index (χ2v) is 6.84. The summed E-state index contributed by atoms with van der Waals surface area (Å²) in [4.78, 5) is 19.2. The third-order valence-corrected chi connectivity index (χ3v) is 5.11. The van der Waals surface area contributed by atoms with Crippen LogP contribution in [0.15, 0.2) is 48.5 Å². The smallest absolute Gasteiger partial charge is 0.336 e. The number of para-hydroxylation sites is 1. The molecule has 1 aliphatic rings. The normalized spacial score (nSPS) is 15.4. The first-order valence-corrected chi connectivity index (χ1v) is 9.19. The number of carboxylic acids is 1. The van der Waals surface area contributed by atoms with Crippen molar-refractivity contribution in [2.45, 2.75) is 13.5 Å². The first kappa shape index (κ1) is 17.9. The minimum atomic E-state index is -0.925. The Morgan fingerprint density at radius 2 is 1.96 bits per heavy atom. The summed E-state index contributed by atoms with van der Waals surface area (Å²) in [5.74, 6) is -0.925. The highest BCUT2D eigenvalue weighted by atomic mass is 16.4. The quantitative estimate of drug-likeness (QED) is 0.749. The van der Waals surface area contributed by atoms with Gasteiger partial charge in [-0.2, -0.15) is 5.26 Å². The van der Waals surface area contributed by atoms with Crippen LogP contribution in [-0.4, -0.2) is 34.0 Å². The van der Waals surface area contributed by atoms with Crippen LogP contribution in [0.4, 0.5) is 0 Å². The van der Waals surface area contributed by atoms with Crippen LogP contribution in [0.2, 0.25) is 0 Å². The molecule has 1 aromatic heterocycles. The second kappa shape index (κ2) is 7.26. The maximum absolute atomic E-state index is 12.1. The molecular weight excluding hydrogens is 350 g/mol. The lowest BCUT2D eigenvalue weighted by Gasteiger charge is -2.30. The first-order valence-electron chi connectivity index (χ1n) is 9.19. The second-order valence-electron chi connectivity index (χ2n) is 6.84. The zero-order valence-electron chi connectivity index (χ0n) is 15.5. The van der Waals surface area contributed by atoms with Gasteiger partial charge in [-0.25, -0.2) is 9.78 Å². The molecule has 0 bridgehead atoms. The average molecular weight is 369 g/mol. The number of likely N-dealkylation sites (N-methyl/N-ethyl adjacent to an activating group) is 1. The number of pyridine rings is 1. The number of nitriles is 1. The molecule has 0 radical (unpaired) electrons. The molecule has 0 amide bonds. The highest BCUT2D eigenvalue weighted by Gasteiger charge is 2.27. The first-order chi connectivity index (χ1) is 13.6. The molecule has 4 rings (SSSR count). The molecule has 0 fully saturated rings. The van der Waals surface area contributed by atoms with Gasteiger partial charge in [-0.15, -0.1) is 0 Å². The molecule has 0 saturated heterocycles. The van der Waals surface area contributed by atoms with Crippen molar-refractivity contribution in [1.29, 1.82) is 5.26 Å². The van der Waals surface area contributed by atoms with Gasteiger partial charge >= 0.3 is 5.97 Å². The summed E-state index contributed by atoms with van der Waals surface area (Å²) >= 11 is 0. The maximum atomic E-state index is 12.1. The van der Waals surface area contributed by atoms with Crippen LogP contribution in [0.25, 0.3) is 22.6 Å². The number of aromatic carboxylic acids is 1. The van der Waals surface area contributed by atoms with Gasteiger partial charge in [-0.3, -0.25) is 4.90 Å². The van der Waals surface area contributed by atoms with Gasteiger partial charge in [0.05, 0.1) is 28.4 Å². The van der Waals surface area contributed by atoms with Crippen LogP contribution in [-0.2, 0) is 6.54 Å². The van der Waals surface area contributed by atoms with Crippen molar-refractivity contribution in [2.24, 2.45) is 0 Å². The van der Waals surface area contributed by atoms with E-state index in [1.54, 1.807) is 12.1 Å². The Labute approximate surface area is 163 Å². The van der Waals surface area contributed by atoms with E-state index in [1.807, 2.05) is 42.5 Å². The fourth-order valence-corrected chi connectivity index (χ4v) is 3.70. The fourth-order valence-electron chi connectivity index (χ4n) is 3.70. The van der Waals surface area contributed by atoms with Crippen molar-refractivity contribution in [3.05, 3.63) is 76.5 Å². The topological polar surface area (TPSA) is 77.2 Å². The van der Waals surface area contributed by atoms with Gasteiger partial charge in [-0.1, -0.05) is 37.3 Å². The highest BCUT2D eigenvalue weighted by Crippen LogP contribution is 2.33. The van der Waals surface area contributed by atoms with Crippen molar-refractivity contribution < 1.29 is 9.90 Å². The summed E-state index contributed by atoms with van der Waals surface area (Å²) in [6, 6.07) is 16.9. The minimum Gasteiger partial charge on any atom is -0.478 e. The van der Waals surface area contributed by atoms with E-state index in [0.717, 1.165) is 28.9 Å². The van der Waals surface area contributed by atoms with Gasteiger partial charge in [0.15, 0.2) is 0 Å². The SMILES string of the molecule is CCN1CC(=Cc2ccc(C#N)cc2)c2nc3ccccc3c(C(=O)O)c2C1. The predicted octanol–water partition coefficient (Wildman–Crippen LogP) is 4.18. The molecule has 0 atom stereocenters. The minimum absolute atomic E-state index is 0.337. The summed E-state index contributed by atoms with van der Waals surface area (Å²) in [6.07, 6.45) is 2.04. The number of carboxylic acid groups (broad SMARTS) is 1. The number of benzene rings is 2. The fraction of sp³-hybridized carbons (Fsp3) is 0.174. The summed E-state index contributed by atoms with van der Waals surface area (Å²) in [5, 5.41) is 19.6. The largest absolute Gasteiger partial charge is 0.478 e. The number of hydrogen-bond donors (Lipinski definition) is 1. The van der Waals surface area contributed by atoms with E-state index >= 15 is 0 Å². The zero-order chi connectivity index (χ0) is 19.7. The molecule has 0 aliphatic carbocycles. The van der Waals surface area contributed by atoms with Gasteiger partial charge in [0, 0.05) is 24.0 Å². The lowest BCUT2D eigenvalue weighted by atomic mass is 9.92. The molecule has 5 nitrogen and oxygen atoms in total. The summed E-state index contributed by atoms with van der Waals surface area (Å²) in [5.41, 5.74) is 5.10. The van der Waals surface area contributed by atoms with E-state index < -0.39 is 5.97 Å². The lowest BCUT2D eigenvalue weighted by Crippen LogP contribution is -2.31. The van der Waals surface area contributed by atoms with Crippen LogP contribution in [0.5, 0.6) is 0 Å². The van der Waals surface area contributed by atoms with Crippen molar-refractivity contribution in [2.75, 3.05) is 13.1 Å². The summed E-state index contributed by atoms with van der Waals surface area (Å²) < 4.78 is 0. The van der Waals surface area contributed by atoms with Crippen molar-refractivity contribution >= 4 is 28.5 Å². The van der Waals surface area contributed by atoms with Crippen LogP contribution in [0, 0.1) is 11.3 Å². The molecule has 1 N–H and O–H groups in total. The van der Waals surface area contributed by atoms with Gasteiger partial charge in [0.25, 0.3) is 0 Å². The zero-order valence-corrected chi connectivity index (χ0v) is 15.5. The van der Waals surface area contributed by atoms with E-state index in [1.165, 1.54) is 0 Å². The summed E-state index contributed by atoms with van der Waals surface area (Å²) in [7, 11) is 0. The Morgan fingerprint density at radius 3 is 2.64 bits per heavy atom. The van der Waals surface area contributed by atoms with Crippen molar-refractivity contribution in [1.82, 2.24) is 9.88 Å². The number of rotatable bonds is 3. The van der Waals surface area contributed by atoms with Gasteiger partial charge < -0.3 is 5.11 Å². The molecule has 0 unspecified atom stereocenters. The van der Waals surface area contributed by atoms with Crippen LogP contribution < -0.4 is 0 Å². The van der Waals surface area contributed by atoms with E-state index in [4.69, 9.17) is 10.2 Å². The molecule has 28 heavy (non-hydrogen) atoms. The number of carbonyl (C=O) groups is 1. The lowest BCUT2D eigenvalue weighted by molar-refractivity contribution is 0.0696. The van der Waals surface area contributed by atoms with Gasteiger partial charge in [0.2, 0.25) is 0 Å². The van der Waals surface area contributed by atoms with Crippen molar-refractivity contribution in [3.63, 3.8) is 0 Å². The average Bonchev–Trinajstić information content (AvgIpc) is 2.72. The molecule has 5 heteroatoms. The van der Waals surface area contributed by atoms with E-state index in [-0.39, 0.29) is 0 Å². The summed E-state index contributed by atoms with van der Waals surface area (Å²) in [6.45, 7) is 4.15. The van der Waals surface area contributed by atoms with E-state index in [2.05, 4.69) is 17.9 Å². The third-order valence-electron chi connectivity index (χ3n) is 5.11.